The molecule has 3 heterocycles. The van der Waals surface area contributed by atoms with Crippen LogP contribution in [0.4, 0.5) is 5.69 Å². The van der Waals surface area contributed by atoms with E-state index in [-0.39, 0.29) is 24.7 Å². The van der Waals surface area contributed by atoms with E-state index < -0.39 is 11.6 Å². The van der Waals surface area contributed by atoms with Crippen LogP contribution in [0.1, 0.15) is 72.9 Å². The number of benzene rings is 2. The number of hydrogen-bond acceptors (Lipinski definition) is 13. The molecule has 0 saturated carbocycles. The zero-order chi connectivity index (χ0) is 41.5. The molecule has 0 unspecified atom stereocenters. The predicted molar refractivity (Wildman–Crippen MR) is 223 cm³/mol. The minimum atomic E-state index is -0.569. The monoisotopic (exact) mass is 839 g/mol. The molecule has 1 amide bonds. The minimum absolute atomic E-state index is 0.0710. The van der Waals surface area contributed by atoms with Crippen molar-refractivity contribution in [2.24, 2.45) is 4.99 Å². The summed E-state index contributed by atoms with van der Waals surface area (Å²) < 4.78 is 40.6. The summed E-state index contributed by atoms with van der Waals surface area (Å²) in [6.45, 7) is 16.2. The number of nitrogens with zero attached hydrogens (tertiary/aromatic N) is 4. The van der Waals surface area contributed by atoms with Crippen molar-refractivity contribution in [3.63, 3.8) is 0 Å². The number of aryl methyl sites for hydroxylation is 2. The van der Waals surface area contributed by atoms with E-state index in [1.54, 1.807) is 35.6 Å². The Bertz CT molecular complexity index is 1960. The number of hydrogen-bond donors (Lipinski definition) is 1. The second-order valence-electron chi connectivity index (χ2n) is 14.4. The zero-order valence-electron chi connectivity index (χ0n) is 34.1. The number of carbonyl (C=O) groups is 2. The molecule has 0 bridgehead atoms. The topological polar surface area (TPSA) is 154 Å². The Hall–Kier alpha value is -4.22. The SMILES string of the molecule is Cc1sc2c(c1C)C(c1ccc(Cl)cc1)=N[C@H](CC(=O)Nc1ccc(OCCOCCOCCOCCOCCOCCC(=O)OC(C)(C)C)cc1)c1nnc(C)n1-2. The lowest BCUT2D eigenvalue weighted by Gasteiger charge is -2.19. The second-order valence-corrected chi connectivity index (χ2v) is 16.1. The number of nitrogens with one attached hydrogen (secondary N) is 1. The fourth-order valence-corrected chi connectivity index (χ4v) is 7.24. The molecule has 0 fully saturated rings. The standard InChI is InChI=1S/C42H54ClN5O9S/c1-28-29(2)58-41-38(28)39(31-7-9-32(43)10-8-31)45-35(40-47-46-30(3)48(40)41)27-36(49)44-33-11-13-34(14-12-33)56-26-25-55-24-23-54-22-21-53-20-19-52-18-17-51-16-15-37(50)57-42(4,5)6/h7-14,35H,15-27H2,1-6H3,(H,44,49)/t35-/m1/s1. The van der Waals surface area contributed by atoms with E-state index >= 15 is 0 Å². The second kappa shape index (κ2) is 22.2. The van der Waals surface area contributed by atoms with E-state index in [4.69, 9.17) is 49.8 Å². The zero-order valence-corrected chi connectivity index (χ0v) is 35.7. The lowest BCUT2D eigenvalue weighted by Crippen LogP contribution is -2.24. The molecule has 58 heavy (non-hydrogen) atoms. The Morgan fingerprint density at radius 3 is 1.93 bits per heavy atom. The predicted octanol–water partition coefficient (Wildman–Crippen LogP) is 7.02. The van der Waals surface area contributed by atoms with Crippen molar-refractivity contribution in [3.8, 4) is 10.8 Å². The normalized spacial score (nSPS) is 13.7. The number of anilines is 1. The third-order valence-corrected chi connectivity index (χ3v) is 10.2. The summed E-state index contributed by atoms with van der Waals surface area (Å²) in [6.07, 6.45) is 0.289. The van der Waals surface area contributed by atoms with Crippen molar-refractivity contribution in [1.29, 1.82) is 0 Å². The van der Waals surface area contributed by atoms with Gasteiger partial charge < -0.3 is 38.5 Å². The Morgan fingerprint density at radius 2 is 1.34 bits per heavy atom. The molecule has 4 aromatic rings. The maximum atomic E-state index is 13.5. The largest absolute Gasteiger partial charge is 0.491 e. The van der Waals surface area contributed by atoms with E-state index in [2.05, 4.69) is 29.4 Å². The molecule has 0 saturated heterocycles. The molecule has 314 valence electrons. The van der Waals surface area contributed by atoms with Gasteiger partial charge in [-0.05, 0) is 83.5 Å². The highest BCUT2D eigenvalue weighted by Gasteiger charge is 2.32. The first-order chi connectivity index (χ1) is 27.9. The van der Waals surface area contributed by atoms with Gasteiger partial charge in [0.15, 0.2) is 5.82 Å². The number of aromatic nitrogens is 3. The van der Waals surface area contributed by atoms with Gasteiger partial charge in [-0.2, -0.15) is 0 Å². The molecular formula is C42H54ClN5O9S. The molecule has 5 rings (SSSR count). The van der Waals surface area contributed by atoms with Crippen molar-refractivity contribution in [1.82, 2.24) is 14.8 Å². The first kappa shape index (κ1) is 44.9. The maximum Gasteiger partial charge on any atom is 0.308 e. The number of ether oxygens (including phenoxy) is 7. The van der Waals surface area contributed by atoms with Gasteiger partial charge in [0.2, 0.25) is 5.91 Å². The van der Waals surface area contributed by atoms with Gasteiger partial charge in [-0.15, -0.1) is 21.5 Å². The van der Waals surface area contributed by atoms with Gasteiger partial charge >= 0.3 is 5.97 Å². The summed E-state index contributed by atoms with van der Waals surface area (Å²) in [5, 5.41) is 13.5. The van der Waals surface area contributed by atoms with Gasteiger partial charge in [0.05, 0.1) is 84.6 Å². The smallest absolute Gasteiger partial charge is 0.308 e. The fraction of sp³-hybridized carbons (Fsp3) is 0.500. The van der Waals surface area contributed by atoms with E-state index in [1.807, 2.05) is 56.5 Å². The fourth-order valence-electron chi connectivity index (χ4n) is 5.90. The van der Waals surface area contributed by atoms with E-state index in [9.17, 15) is 9.59 Å². The molecule has 2 aromatic heterocycles. The van der Waals surface area contributed by atoms with Crippen LogP contribution in [-0.2, 0) is 38.0 Å². The summed E-state index contributed by atoms with van der Waals surface area (Å²) >= 11 is 7.90. The lowest BCUT2D eigenvalue weighted by molar-refractivity contribution is -0.156. The number of carbonyl (C=O) groups excluding carboxylic acids is 2. The number of thiophene rings is 1. The maximum absolute atomic E-state index is 13.5. The Morgan fingerprint density at radius 1 is 0.776 bits per heavy atom. The molecule has 1 aliphatic heterocycles. The quantitative estimate of drug-likeness (QED) is 0.0606. The molecule has 0 radical (unpaired) electrons. The Kier molecular flexibility index (Phi) is 17.2. The van der Waals surface area contributed by atoms with Gasteiger partial charge in [-0.25, -0.2) is 0 Å². The molecule has 1 aliphatic rings. The van der Waals surface area contributed by atoms with Crippen LogP contribution < -0.4 is 10.1 Å². The minimum Gasteiger partial charge on any atom is -0.491 e. The number of amides is 1. The van der Waals surface area contributed by atoms with E-state index in [0.717, 1.165) is 33.2 Å². The molecule has 0 aliphatic carbocycles. The molecule has 2 aromatic carbocycles. The Balaban J connectivity index is 0.947. The van der Waals surface area contributed by atoms with Crippen LogP contribution in [0.3, 0.4) is 0 Å². The van der Waals surface area contributed by atoms with Crippen LogP contribution in [0.2, 0.25) is 5.02 Å². The highest BCUT2D eigenvalue weighted by atomic mass is 35.5. The molecular weight excluding hydrogens is 786 g/mol. The van der Waals surface area contributed by atoms with E-state index in [1.165, 1.54) is 4.88 Å². The highest BCUT2D eigenvalue weighted by Crippen LogP contribution is 2.39. The van der Waals surface area contributed by atoms with Crippen LogP contribution in [0.25, 0.3) is 5.00 Å². The summed E-state index contributed by atoms with van der Waals surface area (Å²) in [4.78, 5) is 31.5. The average Bonchev–Trinajstić information content (AvgIpc) is 3.66. The lowest BCUT2D eigenvalue weighted by atomic mass is 9.99. The van der Waals surface area contributed by atoms with Crippen molar-refractivity contribution in [3.05, 3.63) is 86.8 Å². The van der Waals surface area contributed by atoms with Gasteiger partial charge in [0.1, 0.15) is 34.8 Å². The van der Waals surface area contributed by atoms with Crippen molar-refractivity contribution in [2.75, 3.05) is 78.0 Å². The third-order valence-electron chi connectivity index (χ3n) is 8.73. The van der Waals surface area contributed by atoms with Crippen molar-refractivity contribution in [2.45, 2.75) is 66.0 Å². The van der Waals surface area contributed by atoms with Crippen LogP contribution in [-0.4, -0.2) is 111 Å². The third kappa shape index (κ3) is 13.7. The van der Waals surface area contributed by atoms with Crippen molar-refractivity contribution >= 4 is 46.2 Å². The summed E-state index contributed by atoms with van der Waals surface area (Å²) in [7, 11) is 0. The van der Waals surface area contributed by atoms with Gasteiger partial charge in [0, 0.05) is 26.7 Å². The summed E-state index contributed by atoms with van der Waals surface area (Å²) in [6, 6.07) is 14.2. The van der Waals surface area contributed by atoms with Crippen LogP contribution in [0, 0.1) is 20.8 Å². The molecule has 16 heteroatoms. The molecule has 1 atom stereocenters. The summed E-state index contributed by atoms with van der Waals surface area (Å²) in [5.74, 6) is 1.54. The average molecular weight is 840 g/mol. The van der Waals surface area contributed by atoms with Gasteiger partial charge in [-0.3, -0.25) is 19.1 Å². The van der Waals surface area contributed by atoms with Crippen LogP contribution >= 0.6 is 22.9 Å². The first-order valence-corrected chi connectivity index (χ1v) is 20.6. The number of fused-ring (bicyclic) bond motifs is 3. The Labute approximate surface area is 349 Å². The molecule has 0 spiro atoms. The van der Waals surface area contributed by atoms with Crippen molar-refractivity contribution < 1.29 is 42.7 Å². The summed E-state index contributed by atoms with van der Waals surface area (Å²) in [5.41, 5.74) is 4.01. The number of esters is 1. The van der Waals surface area contributed by atoms with Crippen LogP contribution in [0.15, 0.2) is 53.5 Å². The first-order valence-electron chi connectivity index (χ1n) is 19.4. The van der Waals surface area contributed by atoms with Gasteiger partial charge in [-0.1, -0.05) is 23.7 Å². The highest BCUT2D eigenvalue weighted by molar-refractivity contribution is 7.15. The molecule has 14 nitrogen and oxygen atoms in total. The van der Waals surface area contributed by atoms with Gasteiger partial charge in [0.25, 0.3) is 0 Å². The van der Waals surface area contributed by atoms with Crippen LogP contribution in [0.5, 0.6) is 5.75 Å². The number of aliphatic imine (C=N–C) groups is 1. The number of rotatable bonds is 23. The van der Waals surface area contributed by atoms with E-state index in [0.29, 0.717) is 95.0 Å². The number of halogens is 1. The molecule has 1 N–H and O–H groups in total.